The molecule has 0 aliphatic carbocycles. The summed E-state index contributed by atoms with van der Waals surface area (Å²) in [6.07, 6.45) is 27.7. The van der Waals surface area contributed by atoms with Crippen LogP contribution in [0.1, 0.15) is 20.4 Å². The van der Waals surface area contributed by atoms with Crippen molar-refractivity contribution in [2.45, 2.75) is 21.3 Å². The second-order valence-electron chi connectivity index (χ2n) is 9.17. The number of hydrogen-bond donors (Lipinski definition) is 1. The summed E-state index contributed by atoms with van der Waals surface area (Å²) in [6.45, 7) is 0. The highest BCUT2D eigenvalue weighted by Crippen LogP contribution is 2.22. The van der Waals surface area contributed by atoms with Gasteiger partial charge in [0, 0.05) is 80.0 Å². The Morgan fingerprint density at radius 1 is 0.440 bits per heavy atom. The summed E-state index contributed by atoms with van der Waals surface area (Å²) >= 11 is 0. The SMILES string of the molecule is C.C.C1=Nc2ccccc2C1.c1cc(-c2ccncc2)ccn1.c1ccc2[nH]ncc2c1.c1cnccn1.c1cncnc1.c1ncncn1. The molecule has 0 bridgehead atoms. The Bertz CT molecular complexity index is 1720. The van der Waals surface area contributed by atoms with Gasteiger partial charge in [0.2, 0.25) is 0 Å². The number of H-pyrrole nitrogens is 1. The van der Waals surface area contributed by atoms with Crippen LogP contribution in [0.5, 0.6) is 0 Å². The van der Waals surface area contributed by atoms with Gasteiger partial charge in [0.1, 0.15) is 25.3 Å². The molecule has 7 heterocycles. The Kier molecular flexibility index (Phi) is 19.8. The molecular weight excluding hydrogens is 625 g/mol. The second-order valence-corrected chi connectivity index (χ2v) is 9.17. The maximum Gasteiger partial charge on any atom is 0.119 e. The Hall–Kier alpha value is -6.95. The van der Waals surface area contributed by atoms with Crippen LogP contribution < -0.4 is 0 Å². The molecule has 2 aromatic carbocycles. The predicted octanol–water partition coefficient (Wildman–Crippen LogP) is 7.75. The van der Waals surface area contributed by atoms with Gasteiger partial charge in [0.15, 0.2) is 0 Å². The van der Waals surface area contributed by atoms with Gasteiger partial charge in [-0.3, -0.25) is 30.0 Å². The number of para-hydroxylation sites is 2. The number of aromatic amines is 1. The normalized spacial score (nSPS) is 9.52. The highest BCUT2D eigenvalue weighted by atomic mass is 15.1. The number of aliphatic imine (C=N–C) groups is 1. The van der Waals surface area contributed by atoms with Crippen molar-refractivity contribution >= 4 is 22.8 Å². The standard InChI is InChI=1S/C10H8N2.C8H7N.C7H6N2.2C4H4N2.C3H3N3.2CH4/c1-5-11-6-2-9(1)10-3-7-12-8-4-10;1-2-4-8-7(3-1)5-6-9-8;1-2-4-7-6(3-1)5-8-9-7;1-2-6-4-3-5-1;1-2-5-4-6-3-1;1-4-2-6-3-5-1;;/h1-8H;1-4,6H,5H2;1-5H,(H,8,9);2*1-4H;1-3H;2*1H4. The molecule has 1 aliphatic heterocycles. The van der Waals surface area contributed by atoms with E-state index < -0.39 is 0 Å². The van der Waals surface area contributed by atoms with E-state index in [9.17, 15) is 0 Å². The molecule has 9 rings (SSSR count). The quantitative estimate of drug-likeness (QED) is 0.184. The van der Waals surface area contributed by atoms with Gasteiger partial charge in [-0.25, -0.2) is 24.9 Å². The summed E-state index contributed by atoms with van der Waals surface area (Å²) in [7, 11) is 0. The average Bonchev–Trinajstić information content (AvgIpc) is 3.89. The van der Waals surface area contributed by atoms with E-state index in [1.165, 1.54) is 42.0 Å². The highest BCUT2D eigenvalue weighted by molar-refractivity contribution is 5.77. The summed E-state index contributed by atoms with van der Waals surface area (Å²) in [4.78, 5) is 37.6. The lowest BCUT2D eigenvalue weighted by Crippen LogP contribution is -1.77. The highest BCUT2D eigenvalue weighted by Gasteiger charge is 2.02. The van der Waals surface area contributed by atoms with E-state index in [0.29, 0.717) is 0 Å². The molecule has 252 valence electrons. The number of rotatable bonds is 1. The summed E-state index contributed by atoms with van der Waals surface area (Å²) in [6, 6.07) is 25.9. The first-order valence-corrected chi connectivity index (χ1v) is 14.6. The maximum absolute atomic E-state index is 4.17. The van der Waals surface area contributed by atoms with Gasteiger partial charge in [-0.05, 0) is 59.2 Å². The number of pyridine rings is 2. The fraction of sp³-hybridized carbons (Fsp3) is 0.0789. The van der Waals surface area contributed by atoms with Crippen LogP contribution in [-0.2, 0) is 6.42 Å². The summed E-state index contributed by atoms with van der Waals surface area (Å²) < 4.78 is 0. The molecule has 0 fully saturated rings. The molecule has 0 amide bonds. The lowest BCUT2D eigenvalue weighted by Gasteiger charge is -1.97. The maximum atomic E-state index is 4.17. The number of nitrogens with zero attached hydrogens (tertiary/aromatic N) is 11. The van der Waals surface area contributed by atoms with Crippen molar-refractivity contribution in [2.75, 3.05) is 0 Å². The molecule has 0 saturated carbocycles. The van der Waals surface area contributed by atoms with Crippen LogP contribution in [0.2, 0.25) is 0 Å². The van der Waals surface area contributed by atoms with E-state index in [4.69, 9.17) is 0 Å². The third-order valence-electron chi connectivity index (χ3n) is 5.93. The minimum Gasteiger partial charge on any atom is -0.278 e. The van der Waals surface area contributed by atoms with Crippen molar-refractivity contribution in [2.24, 2.45) is 4.99 Å². The van der Waals surface area contributed by atoms with Crippen LogP contribution in [0.15, 0.2) is 177 Å². The molecule has 0 spiro atoms. The molecule has 8 aromatic rings. The average molecular weight is 665 g/mol. The first-order valence-electron chi connectivity index (χ1n) is 14.6. The lowest BCUT2D eigenvalue weighted by atomic mass is 10.1. The third-order valence-corrected chi connectivity index (χ3v) is 5.93. The Morgan fingerprint density at radius 3 is 1.40 bits per heavy atom. The van der Waals surface area contributed by atoms with Crippen LogP contribution in [0.3, 0.4) is 0 Å². The van der Waals surface area contributed by atoms with Crippen LogP contribution >= 0.6 is 0 Å². The minimum atomic E-state index is 0. The Morgan fingerprint density at radius 2 is 0.940 bits per heavy atom. The summed E-state index contributed by atoms with van der Waals surface area (Å²) in [5.41, 5.74) is 5.92. The van der Waals surface area contributed by atoms with Gasteiger partial charge in [-0.15, -0.1) is 0 Å². The number of aromatic nitrogens is 11. The van der Waals surface area contributed by atoms with Crippen LogP contribution in [-0.4, -0.2) is 61.3 Å². The lowest BCUT2D eigenvalue weighted by molar-refractivity contribution is 1.05. The van der Waals surface area contributed by atoms with Gasteiger partial charge in [-0.1, -0.05) is 51.3 Å². The van der Waals surface area contributed by atoms with Gasteiger partial charge < -0.3 is 0 Å². The molecule has 0 atom stereocenters. The molecule has 50 heavy (non-hydrogen) atoms. The van der Waals surface area contributed by atoms with Crippen molar-refractivity contribution in [1.29, 1.82) is 0 Å². The fourth-order valence-corrected chi connectivity index (χ4v) is 3.73. The Balaban J connectivity index is 0.000000211. The number of benzene rings is 2. The molecular formula is C38H40N12. The molecule has 0 saturated heterocycles. The Labute approximate surface area is 292 Å². The van der Waals surface area contributed by atoms with Gasteiger partial charge in [0.25, 0.3) is 0 Å². The molecule has 6 aromatic heterocycles. The van der Waals surface area contributed by atoms with E-state index in [1.807, 2.05) is 79.1 Å². The molecule has 1 N–H and O–H groups in total. The van der Waals surface area contributed by atoms with Crippen LogP contribution in [0.4, 0.5) is 5.69 Å². The van der Waals surface area contributed by atoms with Gasteiger partial charge in [-0.2, -0.15) is 5.10 Å². The smallest absolute Gasteiger partial charge is 0.119 e. The zero-order valence-corrected chi connectivity index (χ0v) is 25.9. The van der Waals surface area contributed by atoms with E-state index in [-0.39, 0.29) is 14.9 Å². The van der Waals surface area contributed by atoms with Gasteiger partial charge in [0.05, 0.1) is 17.4 Å². The first-order chi connectivity index (χ1) is 23.9. The van der Waals surface area contributed by atoms with Gasteiger partial charge >= 0.3 is 0 Å². The first kappa shape index (κ1) is 39.2. The zero-order chi connectivity index (χ0) is 33.2. The van der Waals surface area contributed by atoms with Crippen molar-refractivity contribution in [1.82, 2.24) is 55.1 Å². The van der Waals surface area contributed by atoms with Crippen molar-refractivity contribution in [3.8, 4) is 11.1 Å². The van der Waals surface area contributed by atoms with Crippen molar-refractivity contribution in [3.05, 3.63) is 178 Å². The van der Waals surface area contributed by atoms with Crippen LogP contribution in [0.25, 0.3) is 22.0 Å². The zero-order valence-electron chi connectivity index (χ0n) is 25.9. The van der Waals surface area contributed by atoms with E-state index in [0.717, 1.165) is 23.0 Å². The topological polar surface area (TPSA) is 157 Å². The molecule has 12 nitrogen and oxygen atoms in total. The number of fused-ring (bicyclic) bond motifs is 2. The van der Waals surface area contributed by atoms with E-state index >= 15 is 0 Å². The fourth-order valence-electron chi connectivity index (χ4n) is 3.73. The number of nitrogens with one attached hydrogen (secondary N) is 1. The van der Waals surface area contributed by atoms with E-state index in [2.05, 4.69) is 66.1 Å². The molecule has 12 heteroatoms. The molecule has 0 radical (unpaired) electrons. The monoisotopic (exact) mass is 664 g/mol. The van der Waals surface area contributed by atoms with Crippen LogP contribution in [0, 0.1) is 0 Å². The minimum absolute atomic E-state index is 0. The molecule has 1 aliphatic rings. The van der Waals surface area contributed by atoms with E-state index in [1.54, 1.807) is 68.0 Å². The summed E-state index contributed by atoms with van der Waals surface area (Å²) in [5, 5.41) is 7.91. The predicted molar refractivity (Wildman–Crippen MR) is 199 cm³/mol. The summed E-state index contributed by atoms with van der Waals surface area (Å²) in [5.74, 6) is 0. The third kappa shape index (κ3) is 15.6. The number of hydrogen-bond acceptors (Lipinski definition) is 11. The largest absolute Gasteiger partial charge is 0.278 e. The molecule has 0 unspecified atom stereocenters. The second kappa shape index (κ2) is 25.2. The van der Waals surface area contributed by atoms with Crippen molar-refractivity contribution in [3.63, 3.8) is 0 Å². The van der Waals surface area contributed by atoms with Crippen molar-refractivity contribution < 1.29 is 0 Å².